The maximum absolute atomic E-state index is 13.5. The average molecular weight is 777 g/mol. The summed E-state index contributed by atoms with van der Waals surface area (Å²) in [7, 11) is 0.912. The van der Waals surface area contributed by atoms with Crippen LogP contribution in [-0.2, 0) is 9.30 Å². The van der Waals surface area contributed by atoms with Crippen molar-refractivity contribution >= 4 is 80.4 Å². The number of methoxy groups -OCH3 is 1. The fourth-order valence-electron chi connectivity index (χ4n) is 7.20. The Morgan fingerprint density at radius 1 is 1.02 bits per heavy atom. The minimum Gasteiger partial charge on any atom is -0.494 e. The Labute approximate surface area is 306 Å². The van der Waals surface area contributed by atoms with Crippen LogP contribution in [0.5, 0.6) is 5.75 Å². The average Bonchev–Trinajstić information content (AvgIpc) is 3.44. The molecule has 13 nitrogen and oxygen atoms in total. The van der Waals surface area contributed by atoms with Crippen molar-refractivity contribution in [3.8, 4) is 5.75 Å². The number of hydrogen-bond donors (Lipinski definition) is 2. The largest absolute Gasteiger partial charge is 0.494 e. The molecule has 51 heavy (non-hydrogen) atoms. The van der Waals surface area contributed by atoms with Crippen LogP contribution in [0, 0.1) is 0 Å². The molecule has 2 aromatic heterocycles. The van der Waals surface area contributed by atoms with E-state index in [2.05, 4.69) is 58.7 Å². The number of nitrogens with zero attached hydrogens (tertiary/aromatic N) is 7. The van der Waals surface area contributed by atoms with Crippen molar-refractivity contribution in [1.82, 2.24) is 24.9 Å². The molecule has 2 N–H and O–H groups in total. The van der Waals surface area contributed by atoms with E-state index in [9.17, 15) is 9.36 Å². The maximum atomic E-state index is 13.5. The molecule has 1 atom stereocenters. The van der Waals surface area contributed by atoms with Crippen molar-refractivity contribution in [2.24, 2.45) is 5.10 Å². The van der Waals surface area contributed by atoms with E-state index in [0.29, 0.717) is 45.3 Å². The first-order valence-corrected chi connectivity index (χ1v) is 20.6. The molecule has 3 aliphatic heterocycles. The molecule has 15 heteroatoms. The van der Waals surface area contributed by atoms with Crippen molar-refractivity contribution in [1.29, 1.82) is 0 Å². The number of hydrogen-bond acceptors (Lipinski definition) is 12. The minimum atomic E-state index is -2.72. The van der Waals surface area contributed by atoms with Crippen LogP contribution in [-0.4, -0.2) is 103 Å². The van der Waals surface area contributed by atoms with E-state index in [1.807, 2.05) is 47.4 Å². The topological polar surface area (TPSA) is 137 Å². The number of para-hydroxylation sites is 1. The second-order valence-electron chi connectivity index (χ2n) is 13.6. The number of anilines is 5. The molecule has 0 radical (unpaired) electrons. The van der Waals surface area contributed by atoms with Crippen molar-refractivity contribution < 1.29 is 18.8 Å². The summed E-state index contributed by atoms with van der Waals surface area (Å²) >= 11 is 3.60. The van der Waals surface area contributed by atoms with Gasteiger partial charge in [-0.25, -0.2) is 9.78 Å². The van der Waals surface area contributed by atoms with E-state index < -0.39 is 7.14 Å². The Hall–Kier alpha value is -4.42. The number of fused-ring (bicyclic) bond motifs is 1. The van der Waals surface area contributed by atoms with Gasteiger partial charge in [-0.15, -0.1) is 0 Å². The zero-order chi connectivity index (χ0) is 35.7. The Morgan fingerprint density at radius 2 is 1.82 bits per heavy atom. The minimum absolute atomic E-state index is 0.0652. The van der Waals surface area contributed by atoms with Gasteiger partial charge >= 0.3 is 6.09 Å². The van der Waals surface area contributed by atoms with Crippen LogP contribution in [0.4, 0.5) is 33.6 Å². The van der Waals surface area contributed by atoms with Gasteiger partial charge in [0.25, 0.3) is 0 Å². The fraction of sp³-hybridized carbons (Fsp3) is 0.417. The number of amides is 1. The highest BCUT2D eigenvalue weighted by Crippen LogP contribution is 2.43. The molecule has 7 rings (SSSR count). The first-order valence-electron chi connectivity index (χ1n) is 17.2. The van der Waals surface area contributed by atoms with Crippen molar-refractivity contribution in [3.05, 3.63) is 58.8 Å². The van der Waals surface area contributed by atoms with Gasteiger partial charge in [0.2, 0.25) is 5.95 Å². The Morgan fingerprint density at radius 3 is 2.57 bits per heavy atom. The number of rotatable bonds is 9. The first kappa shape index (κ1) is 35.0. The van der Waals surface area contributed by atoms with Gasteiger partial charge in [-0.1, -0.05) is 18.2 Å². The number of aromatic nitrogens is 3. The maximum Gasteiger partial charge on any atom is 0.410 e. The molecule has 1 unspecified atom stereocenters. The van der Waals surface area contributed by atoms with Crippen LogP contribution in [0.2, 0.25) is 0 Å². The number of halogens is 1. The molecule has 0 bridgehead atoms. The second-order valence-corrected chi connectivity index (χ2v) is 17.6. The summed E-state index contributed by atoms with van der Waals surface area (Å²) in [5.41, 5.74) is 4.32. The molecule has 2 saturated heterocycles. The number of piperidine rings is 1. The highest BCUT2D eigenvalue weighted by Gasteiger charge is 2.32. The molecule has 1 amide bonds. The van der Waals surface area contributed by atoms with Crippen molar-refractivity contribution in [3.63, 3.8) is 0 Å². The summed E-state index contributed by atoms with van der Waals surface area (Å²) in [6.45, 7) is 7.13. The molecule has 2 aromatic carbocycles. The molecule has 0 aliphatic carbocycles. The van der Waals surface area contributed by atoms with Crippen LogP contribution in [0.3, 0.4) is 0 Å². The van der Waals surface area contributed by atoms with E-state index >= 15 is 0 Å². The standard InChI is InChI=1S/C36H43BrN9O4P/c1-44-22-23(19-40-44)26-17-29(32(49-2)18-31(26)45-14-11-24(12-15-45)46-13-7-8-16-50-36(46)47)42-35-39-20-27(37)34(43-35)41-30-21-38-28-10-6-5-9-25(28)33(30)51(3,4)48/h5-6,9-10,17-21,23-24H,7-8,11-16,22H2,1-4H3,(H2,39,41,42,43). The van der Waals surface area contributed by atoms with Gasteiger partial charge in [-0.2, -0.15) is 10.1 Å². The van der Waals surface area contributed by atoms with Crippen molar-refractivity contribution in [2.75, 3.05) is 75.8 Å². The molecular formula is C36H43BrN9O4P. The van der Waals surface area contributed by atoms with Gasteiger partial charge in [0, 0.05) is 80.0 Å². The molecule has 4 aromatic rings. The molecule has 3 aliphatic rings. The van der Waals surface area contributed by atoms with Crippen LogP contribution >= 0.6 is 23.1 Å². The third-order valence-corrected chi connectivity index (χ3v) is 11.8. The molecule has 5 heterocycles. The zero-order valence-electron chi connectivity index (χ0n) is 29.3. The van der Waals surface area contributed by atoms with E-state index in [0.717, 1.165) is 74.0 Å². The first-order chi connectivity index (χ1) is 24.6. The third-order valence-electron chi connectivity index (χ3n) is 9.68. The number of benzene rings is 2. The van der Waals surface area contributed by atoms with Crippen LogP contribution < -0.4 is 25.6 Å². The van der Waals surface area contributed by atoms with E-state index in [1.165, 1.54) is 0 Å². The number of carbonyl (C=O) groups is 1. The van der Waals surface area contributed by atoms with E-state index in [-0.39, 0.29) is 18.1 Å². The smallest absolute Gasteiger partial charge is 0.410 e. The Bertz CT molecular complexity index is 2020. The van der Waals surface area contributed by atoms with Gasteiger partial charge < -0.3 is 34.5 Å². The lowest BCUT2D eigenvalue weighted by Crippen LogP contribution is -2.47. The molecule has 0 saturated carbocycles. The zero-order valence-corrected chi connectivity index (χ0v) is 31.8. The summed E-state index contributed by atoms with van der Waals surface area (Å²) in [6, 6.07) is 12.1. The van der Waals surface area contributed by atoms with Gasteiger partial charge in [-0.3, -0.25) is 9.99 Å². The van der Waals surface area contributed by atoms with Gasteiger partial charge in [-0.05, 0) is 72.6 Å². The lowest BCUT2D eigenvalue weighted by molar-refractivity contribution is 0.0946. The second kappa shape index (κ2) is 14.7. The number of nitrogens with one attached hydrogen (secondary N) is 2. The summed E-state index contributed by atoms with van der Waals surface area (Å²) < 4.78 is 25.6. The van der Waals surface area contributed by atoms with Gasteiger partial charge in [0.15, 0.2) is 0 Å². The van der Waals surface area contributed by atoms with Crippen LogP contribution in [0.1, 0.15) is 37.2 Å². The lowest BCUT2D eigenvalue weighted by Gasteiger charge is -2.39. The van der Waals surface area contributed by atoms with E-state index in [4.69, 9.17) is 14.5 Å². The Balaban J connectivity index is 1.18. The highest BCUT2D eigenvalue weighted by molar-refractivity contribution is 9.10. The molecule has 268 valence electrons. The molecular weight excluding hydrogens is 733 g/mol. The number of hydrazone groups is 1. The SMILES string of the molecule is COc1cc(N2CCC(N3CCCCOC3=O)CC2)c(C2C=NN(C)C2)cc1Nc1ncc(Br)c(Nc2cnc3ccccc3c2P(C)(C)=O)n1. The number of carbonyl (C=O) groups excluding carboxylic acids is 1. The summed E-state index contributed by atoms with van der Waals surface area (Å²) in [5.74, 6) is 1.56. The van der Waals surface area contributed by atoms with E-state index in [1.54, 1.807) is 32.8 Å². The predicted molar refractivity (Wildman–Crippen MR) is 207 cm³/mol. The number of likely N-dealkylation sites (N-methyl/N-ethyl adjacent to an activating group) is 1. The van der Waals surface area contributed by atoms with Crippen LogP contribution in [0.25, 0.3) is 10.9 Å². The predicted octanol–water partition coefficient (Wildman–Crippen LogP) is 6.75. The number of ether oxygens (including phenoxy) is 2. The third kappa shape index (κ3) is 7.48. The summed E-state index contributed by atoms with van der Waals surface area (Å²) in [5, 5.41) is 14.8. The van der Waals surface area contributed by atoms with Gasteiger partial charge in [0.05, 0.1) is 41.3 Å². The molecule has 0 spiro atoms. The highest BCUT2D eigenvalue weighted by atomic mass is 79.9. The summed E-state index contributed by atoms with van der Waals surface area (Å²) in [4.78, 5) is 31.0. The van der Waals surface area contributed by atoms with Crippen LogP contribution in [0.15, 0.2) is 58.4 Å². The van der Waals surface area contributed by atoms with Gasteiger partial charge in [0.1, 0.15) is 18.7 Å². The lowest BCUT2D eigenvalue weighted by atomic mass is 9.94. The molecule has 2 fully saturated rings. The summed E-state index contributed by atoms with van der Waals surface area (Å²) in [6.07, 6.45) is 8.78. The number of cyclic esters (lactones) is 1. The Kier molecular flexibility index (Phi) is 10.1. The van der Waals surface area contributed by atoms with Crippen molar-refractivity contribution in [2.45, 2.75) is 37.6 Å². The normalized spacial score (nSPS) is 18.6. The monoisotopic (exact) mass is 775 g/mol. The quantitative estimate of drug-likeness (QED) is 0.175. The number of pyridine rings is 1. The fourth-order valence-corrected chi connectivity index (χ4v) is 8.96.